The SMILES string of the molecule is Cc1c(C(=O)O)sc2ncn(CC(=O)Nc3c(C(C)C)cccc3C(C)C)c(=O)c12. The zero-order chi connectivity index (χ0) is 22.2. The molecule has 3 aromatic rings. The number of anilines is 1. The van der Waals surface area contributed by atoms with Gasteiger partial charge in [-0.05, 0) is 35.4 Å². The van der Waals surface area contributed by atoms with E-state index < -0.39 is 11.5 Å². The van der Waals surface area contributed by atoms with E-state index in [0.717, 1.165) is 28.2 Å². The quantitative estimate of drug-likeness (QED) is 0.609. The average molecular weight is 428 g/mol. The van der Waals surface area contributed by atoms with Gasteiger partial charge in [0.2, 0.25) is 5.91 Å². The summed E-state index contributed by atoms with van der Waals surface area (Å²) in [6.07, 6.45) is 1.30. The van der Waals surface area contributed by atoms with Gasteiger partial charge >= 0.3 is 5.97 Å². The molecule has 1 aromatic carbocycles. The van der Waals surface area contributed by atoms with Gasteiger partial charge < -0.3 is 10.4 Å². The summed E-state index contributed by atoms with van der Waals surface area (Å²) >= 11 is 0.962. The molecule has 0 radical (unpaired) electrons. The van der Waals surface area contributed by atoms with Crippen LogP contribution in [0.2, 0.25) is 0 Å². The number of aryl methyl sites for hydroxylation is 1. The fraction of sp³-hybridized carbons (Fsp3) is 0.364. The highest BCUT2D eigenvalue weighted by Gasteiger charge is 2.20. The molecule has 2 aromatic heterocycles. The maximum Gasteiger partial charge on any atom is 0.346 e. The van der Waals surface area contributed by atoms with Crippen molar-refractivity contribution in [1.29, 1.82) is 0 Å². The number of hydrogen-bond donors (Lipinski definition) is 2. The third-order valence-electron chi connectivity index (χ3n) is 5.06. The number of carboxylic acid groups (broad SMARTS) is 1. The normalized spacial score (nSPS) is 11.4. The predicted molar refractivity (Wildman–Crippen MR) is 119 cm³/mol. The van der Waals surface area contributed by atoms with E-state index in [4.69, 9.17) is 0 Å². The number of benzene rings is 1. The molecule has 0 aliphatic carbocycles. The molecule has 0 atom stereocenters. The molecule has 8 heteroatoms. The van der Waals surface area contributed by atoms with Gasteiger partial charge in [0.15, 0.2) is 0 Å². The number of amides is 1. The van der Waals surface area contributed by atoms with Gasteiger partial charge in [-0.2, -0.15) is 0 Å². The number of carboxylic acids is 1. The fourth-order valence-corrected chi connectivity index (χ4v) is 4.48. The summed E-state index contributed by atoms with van der Waals surface area (Å²) in [4.78, 5) is 41.7. The Kier molecular flexibility index (Phi) is 6.07. The Morgan fingerprint density at radius 1 is 1.17 bits per heavy atom. The number of nitrogens with one attached hydrogen (secondary N) is 1. The Hall–Kier alpha value is -3.00. The minimum atomic E-state index is -1.09. The van der Waals surface area contributed by atoms with Gasteiger partial charge in [0.25, 0.3) is 5.56 Å². The molecule has 2 N–H and O–H groups in total. The Bertz CT molecular complexity index is 1160. The standard InChI is InChI=1S/C22H25N3O4S/c1-11(2)14-7-6-8-15(12(3)4)18(14)24-16(26)9-25-10-23-20-17(21(25)27)13(5)19(30-20)22(28)29/h6-8,10-12H,9H2,1-5H3,(H,24,26)(H,28,29). The molecule has 0 unspecified atom stereocenters. The first-order chi connectivity index (χ1) is 14.1. The highest BCUT2D eigenvalue weighted by atomic mass is 32.1. The third-order valence-corrected chi connectivity index (χ3v) is 6.25. The first-order valence-corrected chi connectivity index (χ1v) is 10.6. The fourth-order valence-electron chi connectivity index (χ4n) is 3.50. The van der Waals surface area contributed by atoms with Gasteiger partial charge in [-0.3, -0.25) is 14.2 Å². The minimum absolute atomic E-state index is 0.0873. The Labute approximate surface area is 178 Å². The molecule has 0 saturated carbocycles. The minimum Gasteiger partial charge on any atom is -0.477 e. The molecule has 0 fully saturated rings. The lowest BCUT2D eigenvalue weighted by atomic mass is 9.92. The molecule has 0 aliphatic heterocycles. The van der Waals surface area contributed by atoms with Crippen LogP contribution in [0.15, 0.2) is 29.3 Å². The molecule has 158 valence electrons. The van der Waals surface area contributed by atoms with Crippen molar-refractivity contribution in [2.75, 3.05) is 5.32 Å². The van der Waals surface area contributed by atoms with E-state index in [1.807, 2.05) is 18.2 Å². The number of para-hydroxylation sites is 1. The molecule has 0 spiro atoms. The number of aromatic carboxylic acids is 1. The number of carbonyl (C=O) groups excluding carboxylic acids is 1. The van der Waals surface area contributed by atoms with E-state index in [9.17, 15) is 19.5 Å². The van der Waals surface area contributed by atoms with Crippen molar-refractivity contribution in [2.45, 2.75) is 53.0 Å². The molecular formula is C22H25N3O4S. The van der Waals surface area contributed by atoms with Crippen molar-refractivity contribution in [3.05, 3.63) is 56.4 Å². The Morgan fingerprint density at radius 3 is 2.30 bits per heavy atom. The second-order valence-corrected chi connectivity index (χ2v) is 8.89. The summed E-state index contributed by atoms with van der Waals surface area (Å²) < 4.78 is 1.22. The van der Waals surface area contributed by atoms with Crippen LogP contribution in [0.1, 0.15) is 65.9 Å². The summed E-state index contributed by atoms with van der Waals surface area (Å²) in [6, 6.07) is 5.98. The van der Waals surface area contributed by atoms with Crippen molar-refractivity contribution in [3.63, 3.8) is 0 Å². The highest BCUT2D eigenvalue weighted by molar-refractivity contribution is 7.20. The van der Waals surface area contributed by atoms with Gasteiger partial charge in [0.1, 0.15) is 16.3 Å². The number of hydrogen-bond acceptors (Lipinski definition) is 5. The lowest BCUT2D eigenvalue weighted by molar-refractivity contribution is -0.116. The zero-order valence-corrected chi connectivity index (χ0v) is 18.5. The van der Waals surface area contributed by atoms with E-state index in [1.54, 1.807) is 6.92 Å². The summed E-state index contributed by atoms with van der Waals surface area (Å²) in [5, 5.41) is 12.5. The average Bonchev–Trinajstić information content (AvgIpc) is 3.01. The van der Waals surface area contributed by atoms with Crippen LogP contribution in [0.5, 0.6) is 0 Å². The number of carbonyl (C=O) groups is 2. The number of rotatable bonds is 6. The summed E-state index contributed by atoms with van der Waals surface area (Å²) in [5.41, 5.74) is 2.82. The lowest BCUT2D eigenvalue weighted by Crippen LogP contribution is -2.28. The summed E-state index contributed by atoms with van der Waals surface area (Å²) in [5.74, 6) is -0.976. The van der Waals surface area contributed by atoms with Crippen LogP contribution in [0.4, 0.5) is 5.69 Å². The van der Waals surface area contributed by atoms with Gasteiger partial charge in [-0.25, -0.2) is 9.78 Å². The van der Waals surface area contributed by atoms with Gasteiger partial charge in [-0.15, -0.1) is 11.3 Å². The molecule has 2 heterocycles. The Balaban J connectivity index is 1.95. The molecule has 1 amide bonds. The van der Waals surface area contributed by atoms with Crippen LogP contribution >= 0.6 is 11.3 Å². The molecule has 0 bridgehead atoms. The predicted octanol–water partition coefficient (Wildman–Crippen LogP) is 4.35. The van der Waals surface area contributed by atoms with E-state index in [-0.39, 0.29) is 34.6 Å². The zero-order valence-electron chi connectivity index (χ0n) is 17.6. The van der Waals surface area contributed by atoms with E-state index in [1.165, 1.54) is 10.9 Å². The topological polar surface area (TPSA) is 101 Å². The second kappa shape index (κ2) is 8.39. The van der Waals surface area contributed by atoms with E-state index in [0.29, 0.717) is 10.4 Å². The summed E-state index contributed by atoms with van der Waals surface area (Å²) in [6.45, 7) is 9.65. The maximum atomic E-state index is 12.9. The number of fused-ring (bicyclic) bond motifs is 1. The second-order valence-electron chi connectivity index (χ2n) is 7.89. The van der Waals surface area contributed by atoms with Crippen LogP contribution in [0.25, 0.3) is 10.2 Å². The monoisotopic (exact) mass is 427 g/mol. The summed E-state index contributed by atoms with van der Waals surface area (Å²) in [7, 11) is 0. The number of nitrogens with zero attached hydrogens (tertiary/aromatic N) is 2. The highest BCUT2D eigenvalue weighted by Crippen LogP contribution is 2.32. The smallest absolute Gasteiger partial charge is 0.346 e. The lowest BCUT2D eigenvalue weighted by Gasteiger charge is -2.20. The van der Waals surface area contributed by atoms with E-state index in [2.05, 4.69) is 38.0 Å². The molecule has 3 rings (SSSR count). The molecule has 30 heavy (non-hydrogen) atoms. The van der Waals surface area contributed by atoms with Crippen molar-refractivity contribution < 1.29 is 14.7 Å². The van der Waals surface area contributed by atoms with Gasteiger partial charge in [-0.1, -0.05) is 45.9 Å². The van der Waals surface area contributed by atoms with Crippen molar-refractivity contribution in [2.24, 2.45) is 0 Å². The van der Waals surface area contributed by atoms with Crippen molar-refractivity contribution >= 4 is 39.1 Å². The van der Waals surface area contributed by atoms with Crippen LogP contribution in [-0.2, 0) is 11.3 Å². The maximum absolute atomic E-state index is 12.9. The largest absolute Gasteiger partial charge is 0.477 e. The number of aromatic nitrogens is 2. The third kappa shape index (κ3) is 4.00. The van der Waals surface area contributed by atoms with Crippen LogP contribution in [0, 0.1) is 6.92 Å². The van der Waals surface area contributed by atoms with Crippen LogP contribution in [0.3, 0.4) is 0 Å². The first kappa shape index (κ1) is 21.7. The van der Waals surface area contributed by atoms with Gasteiger partial charge in [0.05, 0.1) is 11.7 Å². The van der Waals surface area contributed by atoms with Crippen molar-refractivity contribution in [1.82, 2.24) is 9.55 Å². The Morgan fingerprint density at radius 2 is 1.77 bits per heavy atom. The van der Waals surface area contributed by atoms with Crippen molar-refractivity contribution in [3.8, 4) is 0 Å². The molecule has 0 saturated heterocycles. The molecular weight excluding hydrogens is 402 g/mol. The van der Waals surface area contributed by atoms with Crippen LogP contribution in [-0.4, -0.2) is 26.5 Å². The molecule has 7 nitrogen and oxygen atoms in total. The first-order valence-electron chi connectivity index (χ1n) is 9.76. The molecule has 0 aliphatic rings. The number of thiophene rings is 1. The van der Waals surface area contributed by atoms with Gasteiger partial charge in [0, 0.05) is 5.69 Å². The van der Waals surface area contributed by atoms with Crippen LogP contribution < -0.4 is 10.9 Å². The van der Waals surface area contributed by atoms with E-state index >= 15 is 0 Å².